The molecule has 2 rings (SSSR count). The first kappa shape index (κ1) is 12.1. The van der Waals surface area contributed by atoms with Crippen molar-refractivity contribution in [3.05, 3.63) is 17.5 Å². The zero-order valence-corrected chi connectivity index (χ0v) is 10.2. The molecule has 1 aromatic rings. The lowest BCUT2D eigenvalue weighted by Gasteiger charge is -2.35. The van der Waals surface area contributed by atoms with Gasteiger partial charge in [-0.3, -0.25) is 4.90 Å². The van der Waals surface area contributed by atoms with E-state index in [4.69, 9.17) is 9.63 Å². The van der Waals surface area contributed by atoms with Crippen molar-refractivity contribution >= 4 is 5.97 Å². The Morgan fingerprint density at radius 2 is 2.35 bits per heavy atom. The van der Waals surface area contributed by atoms with Crippen LogP contribution in [0, 0.1) is 5.92 Å². The summed E-state index contributed by atoms with van der Waals surface area (Å²) in [6.07, 6.45) is 2.44. The maximum atomic E-state index is 10.7. The van der Waals surface area contributed by atoms with Crippen molar-refractivity contribution in [2.24, 2.45) is 5.92 Å². The van der Waals surface area contributed by atoms with E-state index >= 15 is 0 Å². The fraction of sp³-hybridized carbons (Fsp3) is 0.667. The van der Waals surface area contributed by atoms with Gasteiger partial charge in [-0.1, -0.05) is 12.1 Å². The molecule has 2 heterocycles. The van der Waals surface area contributed by atoms with Crippen LogP contribution in [0.15, 0.2) is 10.6 Å². The standard InChI is InChI=1S/C12H18N2O3/c1-8-3-4-9(2)14(6-8)7-10-5-11(12(15)16)13-17-10/h5,8-9H,3-4,6-7H2,1-2H3,(H,15,16). The number of hydrogen-bond acceptors (Lipinski definition) is 4. The van der Waals surface area contributed by atoms with Crippen molar-refractivity contribution in [3.8, 4) is 0 Å². The van der Waals surface area contributed by atoms with Crippen molar-refractivity contribution in [2.75, 3.05) is 6.54 Å². The van der Waals surface area contributed by atoms with E-state index in [1.165, 1.54) is 18.9 Å². The Kier molecular flexibility index (Phi) is 3.47. The fourth-order valence-corrected chi connectivity index (χ4v) is 2.29. The summed E-state index contributed by atoms with van der Waals surface area (Å²) in [6, 6.07) is 2.03. The second kappa shape index (κ2) is 4.87. The SMILES string of the molecule is CC1CCC(C)N(Cc2cc(C(=O)O)no2)C1. The Morgan fingerprint density at radius 3 is 3.00 bits per heavy atom. The Morgan fingerprint density at radius 1 is 1.59 bits per heavy atom. The zero-order chi connectivity index (χ0) is 12.4. The smallest absolute Gasteiger partial charge is 0.358 e. The Bertz CT molecular complexity index is 402. The predicted octanol–water partition coefficient (Wildman–Crippen LogP) is 1.99. The highest BCUT2D eigenvalue weighted by Crippen LogP contribution is 2.23. The number of nitrogens with zero attached hydrogens (tertiary/aromatic N) is 2. The molecule has 17 heavy (non-hydrogen) atoms. The molecule has 5 nitrogen and oxygen atoms in total. The van der Waals surface area contributed by atoms with E-state index in [1.807, 2.05) is 0 Å². The van der Waals surface area contributed by atoms with Crippen LogP contribution in [0.5, 0.6) is 0 Å². The van der Waals surface area contributed by atoms with Gasteiger partial charge >= 0.3 is 5.97 Å². The lowest BCUT2D eigenvalue weighted by Crippen LogP contribution is -2.40. The van der Waals surface area contributed by atoms with E-state index in [9.17, 15) is 4.79 Å². The van der Waals surface area contributed by atoms with E-state index < -0.39 is 5.97 Å². The molecule has 0 bridgehead atoms. The third-order valence-electron chi connectivity index (χ3n) is 3.38. The molecule has 1 N–H and O–H groups in total. The molecular weight excluding hydrogens is 220 g/mol. The number of rotatable bonds is 3. The molecule has 2 atom stereocenters. The molecule has 0 spiro atoms. The van der Waals surface area contributed by atoms with Crippen LogP contribution >= 0.6 is 0 Å². The Balaban J connectivity index is 2.01. The first-order valence-corrected chi connectivity index (χ1v) is 5.99. The summed E-state index contributed by atoms with van der Waals surface area (Å²) in [5.41, 5.74) is -0.0160. The summed E-state index contributed by atoms with van der Waals surface area (Å²) in [5, 5.41) is 12.3. The molecule has 1 aliphatic rings. The minimum atomic E-state index is -1.04. The van der Waals surface area contributed by atoms with Crippen LogP contribution in [-0.2, 0) is 6.54 Å². The molecule has 1 saturated heterocycles. The van der Waals surface area contributed by atoms with Crippen LogP contribution in [0.3, 0.4) is 0 Å². The molecule has 0 aromatic carbocycles. The summed E-state index contributed by atoms with van der Waals surface area (Å²) in [5.74, 6) is 0.275. The van der Waals surface area contributed by atoms with Gasteiger partial charge in [0.15, 0.2) is 11.5 Å². The quantitative estimate of drug-likeness (QED) is 0.872. The van der Waals surface area contributed by atoms with Crippen molar-refractivity contribution < 1.29 is 14.4 Å². The molecule has 0 saturated carbocycles. The lowest BCUT2D eigenvalue weighted by molar-refractivity contribution is 0.0685. The van der Waals surface area contributed by atoms with Crippen LogP contribution in [0.2, 0.25) is 0 Å². The van der Waals surface area contributed by atoms with E-state index in [2.05, 4.69) is 23.9 Å². The number of aromatic carboxylic acids is 1. The van der Waals surface area contributed by atoms with Gasteiger partial charge in [0.05, 0.1) is 6.54 Å². The number of carboxylic acids is 1. The van der Waals surface area contributed by atoms with Gasteiger partial charge in [0.25, 0.3) is 0 Å². The van der Waals surface area contributed by atoms with Crippen LogP contribution in [0.25, 0.3) is 0 Å². The fourth-order valence-electron chi connectivity index (χ4n) is 2.29. The minimum Gasteiger partial charge on any atom is -0.476 e. The average molecular weight is 238 g/mol. The number of piperidine rings is 1. The third kappa shape index (κ3) is 2.85. The largest absolute Gasteiger partial charge is 0.476 e. The van der Waals surface area contributed by atoms with Crippen LogP contribution < -0.4 is 0 Å². The van der Waals surface area contributed by atoms with Gasteiger partial charge in [0.1, 0.15) is 0 Å². The van der Waals surface area contributed by atoms with Crippen molar-refractivity contribution in [1.82, 2.24) is 10.1 Å². The van der Waals surface area contributed by atoms with Gasteiger partial charge in [-0.25, -0.2) is 4.79 Å². The molecule has 1 fully saturated rings. The number of hydrogen-bond donors (Lipinski definition) is 1. The lowest BCUT2D eigenvalue weighted by atomic mass is 9.95. The summed E-state index contributed by atoms with van der Waals surface area (Å²) in [7, 11) is 0. The van der Waals surface area contributed by atoms with Gasteiger partial charge in [-0.2, -0.15) is 0 Å². The molecule has 5 heteroatoms. The molecule has 2 unspecified atom stereocenters. The van der Waals surface area contributed by atoms with E-state index in [0.717, 1.165) is 6.54 Å². The molecule has 0 aliphatic carbocycles. The van der Waals surface area contributed by atoms with E-state index in [0.29, 0.717) is 24.3 Å². The molecular formula is C12H18N2O3. The normalized spacial score (nSPS) is 26.0. The molecule has 94 valence electrons. The number of carbonyl (C=O) groups is 1. The van der Waals surface area contributed by atoms with Crippen LogP contribution in [0.4, 0.5) is 0 Å². The monoisotopic (exact) mass is 238 g/mol. The number of likely N-dealkylation sites (tertiary alicyclic amines) is 1. The third-order valence-corrected chi connectivity index (χ3v) is 3.38. The van der Waals surface area contributed by atoms with Crippen molar-refractivity contribution in [3.63, 3.8) is 0 Å². The van der Waals surface area contributed by atoms with Gasteiger partial charge in [0.2, 0.25) is 0 Å². The molecule has 1 aromatic heterocycles. The topological polar surface area (TPSA) is 66.6 Å². The van der Waals surface area contributed by atoms with Gasteiger partial charge in [0, 0.05) is 18.7 Å². The molecule has 1 aliphatic heterocycles. The number of aromatic nitrogens is 1. The van der Waals surface area contributed by atoms with Crippen molar-refractivity contribution in [2.45, 2.75) is 39.3 Å². The van der Waals surface area contributed by atoms with Crippen molar-refractivity contribution in [1.29, 1.82) is 0 Å². The first-order chi connectivity index (χ1) is 8.06. The second-order valence-corrected chi connectivity index (χ2v) is 4.94. The van der Waals surface area contributed by atoms with E-state index in [-0.39, 0.29) is 5.69 Å². The summed E-state index contributed by atoms with van der Waals surface area (Å²) < 4.78 is 5.04. The maximum Gasteiger partial charge on any atom is 0.358 e. The summed E-state index contributed by atoms with van der Waals surface area (Å²) >= 11 is 0. The average Bonchev–Trinajstić information content (AvgIpc) is 2.72. The maximum absolute atomic E-state index is 10.7. The van der Waals surface area contributed by atoms with Gasteiger partial charge in [-0.05, 0) is 25.7 Å². The van der Waals surface area contributed by atoms with Crippen LogP contribution in [-0.4, -0.2) is 33.7 Å². The zero-order valence-electron chi connectivity index (χ0n) is 10.2. The van der Waals surface area contributed by atoms with E-state index in [1.54, 1.807) is 0 Å². The van der Waals surface area contributed by atoms with Crippen LogP contribution in [0.1, 0.15) is 42.9 Å². The molecule has 0 radical (unpaired) electrons. The van der Waals surface area contributed by atoms with Gasteiger partial charge < -0.3 is 9.63 Å². The highest BCUT2D eigenvalue weighted by Gasteiger charge is 2.24. The highest BCUT2D eigenvalue weighted by atomic mass is 16.5. The predicted molar refractivity (Wildman–Crippen MR) is 61.7 cm³/mol. The molecule has 0 amide bonds. The minimum absolute atomic E-state index is 0.0160. The van der Waals surface area contributed by atoms with Gasteiger partial charge in [-0.15, -0.1) is 0 Å². The summed E-state index contributed by atoms with van der Waals surface area (Å²) in [6.45, 7) is 6.11. The second-order valence-electron chi connectivity index (χ2n) is 4.94. The first-order valence-electron chi connectivity index (χ1n) is 5.99. The Labute approximate surface area is 100 Å². The Hall–Kier alpha value is -1.36. The summed E-state index contributed by atoms with van der Waals surface area (Å²) in [4.78, 5) is 13.0. The number of carboxylic acid groups (broad SMARTS) is 1. The highest BCUT2D eigenvalue weighted by molar-refractivity contribution is 5.85.